The predicted molar refractivity (Wildman–Crippen MR) is 142 cm³/mol. The lowest BCUT2D eigenvalue weighted by molar-refractivity contribution is -0.141. The van der Waals surface area contributed by atoms with Crippen molar-refractivity contribution in [3.63, 3.8) is 0 Å². The molecule has 1 atom stereocenters. The van der Waals surface area contributed by atoms with Crippen LogP contribution in [0.5, 0.6) is 0 Å². The van der Waals surface area contributed by atoms with Crippen molar-refractivity contribution in [3.8, 4) is 0 Å². The van der Waals surface area contributed by atoms with Gasteiger partial charge in [-0.15, -0.1) is 0 Å². The van der Waals surface area contributed by atoms with Crippen molar-refractivity contribution < 1.29 is 18.0 Å². The highest BCUT2D eigenvalue weighted by molar-refractivity contribution is 7.92. The number of carbonyl (C=O) groups excluding carboxylic acids is 2. The van der Waals surface area contributed by atoms with Crippen LogP contribution < -0.4 is 9.62 Å². The molecule has 0 unspecified atom stereocenters. The molecular formula is C26H36ClN3O4S. The summed E-state index contributed by atoms with van der Waals surface area (Å²) in [6.45, 7) is 7.90. The van der Waals surface area contributed by atoms with Crippen LogP contribution in [0.2, 0.25) is 5.02 Å². The summed E-state index contributed by atoms with van der Waals surface area (Å²) in [7, 11) is -3.53. The predicted octanol–water partition coefficient (Wildman–Crippen LogP) is 4.53. The third kappa shape index (κ3) is 8.54. The van der Waals surface area contributed by atoms with E-state index in [-0.39, 0.29) is 37.4 Å². The zero-order chi connectivity index (χ0) is 26.2. The Morgan fingerprint density at radius 1 is 1.06 bits per heavy atom. The Kier molecular flexibility index (Phi) is 10.6. The fraction of sp³-hybridized carbons (Fsp3) is 0.462. The number of sulfonamides is 1. The first-order valence-electron chi connectivity index (χ1n) is 11.8. The number of benzene rings is 2. The van der Waals surface area contributed by atoms with E-state index >= 15 is 0 Å². The van der Waals surface area contributed by atoms with Crippen LogP contribution in [0.1, 0.15) is 51.2 Å². The van der Waals surface area contributed by atoms with Gasteiger partial charge in [-0.1, -0.05) is 48.9 Å². The van der Waals surface area contributed by atoms with E-state index in [0.717, 1.165) is 17.4 Å². The van der Waals surface area contributed by atoms with Crippen LogP contribution in [0.4, 0.5) is 5.69 Å². The van der Waals surface area contributed by atoms with Gasteiger partial charge in [0.05, 0.1) is 11.9 Å². The molecule has 7 nitrogen and oxygen atoms in total. The van der Waals surface area contributed by atoms with Gasteiger partial charge in [0.1, 0.15) is 6.04 Å². The zero-order valence-corrected chi connectivity index (χ0v) is 22.7. The van der Waals surface area contributed by atoms with Crippen molar-refractivity contribution >= 4 is 39.1 Å². The molecule has 0 heterocycles. The zero-order valence-electron chi connectivity index (χ0n) is 21.1. The van der Waals surface area contributed by atoms with Gasteiger partial charge in [-0.2, -0.15) is 0 Å². The second kappa shape index (κ2) is 12.9. The van der Waals surface area contributed by atoms with Crippen molar-refractivity contribution in [1.29, 1.82) is 0 Å². The number of para-hydroxylation sites is 1. The largest absolute Gasteiger partial charge is 0.352 e. The first kappa shape index (κ1) is 28.7. The number of nitrogens with zero attached hydrogens (tertiary/aromatic N) is 2. The summed E-state index contributed by atoms with van der Waals surface area (Å²) in [6, 6.07) is 13.7. The van der Waals surface area contributed by atoms with E-state index in [1.807, 2.05) is 52.0 Å². The molecule has 0 bridgehead atoms. The molecule has 9 heteroatoms. The van der Waals surface area contributed by atoms with Crippen molar-refractivity contribution in [2.75, 3.05) is 17.1 Å². The Balaban J connectivity index is 2.22. The van der Waals surface area contributed by atoms with Gasteiger partial charge < -0.3 is 10.2 Å². The Morgan fingerprint density at radius 2 is 1.69 bits per heavy atom. The van der Waals surface area contributed by atoms with Gasteiger partial charge in [0.25, 0.3) is 0 Å². The Hall–Kier alpha value is -2.58. The van der Waals surface area contributed by atoms with Crippen LogP contribution >= 0.6 is 11.6 Å². The van der Waals surface area contributed by atoms with Crippen LogP contribution in [0.15, 0.2) is 48.5 Å². The summed E-state index contributed by atoms with van der Waals surface area (Å²) in [6.07, 6.45) is 2.05. The number of amides is 2. The average Bonchev–Trinajstić information content (AvgIpc) is 2.77. The third-order valence-electron chi connectivity index (χ3n) is 5.62. The molecule has 0 saturated heterocycles. The molecule has 2 amide bonds. The molecule has 0 aromatic heterocycles. The molecule has 2 aromatic rings. The summed E-state index contributed by atoms with van der Waals surface area (Å²) in [4.78, 5) is 27.9. The number of halogens is 1. The van der Waals surface area contributed by atoms with Gasteiger partial charge >= 0.3 is 0 Å². The minimum atomic E-state index is -3.53. The number of hydrogen-bond acceptors (Lipinski definition) is 4. The molecular weight excluding hydrogens is 486 g/mol. The topological polar surface area (TPSA) is 86.8 Å². The average molecular weight is 522 g/mol. The number of nitrogens with one attached hydrogen (secondary N) is 1. The standard InChI is InChI=1S/C26H36ClN3O4S/c1-6-23(26(32)28-19(2)3)29(18-21-13-15-22(27)16-14-21)25(31)12-9-17-30(35(5,33)34)24-11-8-7-10-20(24)4/h7-8,10-11,13-16,19,23H,6,9,12,17-18H2,1-5H3,(H,28,32)/t23-/m1/s1. The molecule has 0 aliphatic carbocycles. The minimum absolute atomic E-state index is 0.0542. The highest BCUT2D eigenvalue weighted by atomic mass is 35.5. The van der Waals surface area contributed by atoms with Gasteiger partial charge in [-0.05, 0) is 62.9 Å². The van der Waals surface area contributed by atoms with E-state index in [9.17, 15) is 18.0 Å². The maximum atomic E-state index is 13.4. The number of hydrogen-bond donors (Lipinski definition) is 1. The van der Waals surface area contributed by atoms with Gasteiger partial charge in [0.2, 0.25) is 21.8 Å². The molecule has 0 radical (unpaired) electrons. The Labute approximate surface area is 214 Å². The highest BCUT2D eigenvalue weighted by Crippen LogP contribution is 2.23. The first-order valence-corrected chi connectivity index (χ1v) is 14.0. The van der Waals surface area contributed by atoms with E-state index in [0.29, 0.717) is 23.6 Å². The summed E-state index contributed by atoms with van der Waals surface area (Å²) in [5.41, 5.74) is 2.30. The number of anilines is 1. The third-order valence-corrected chi connectivity index (χ3v) is 7.05. The van der Waals surface area contributed by atoms with Crippen LogP contribution in [0, 0.1) is 6.92 Å². The molecule has 1 N–H and O–H groups in total. The lowest BCUT2D eigenvalue weighted by Crippen LogP contribution is -2.50. The van der Waals surface area contributed by atoms with Gasteiger partial charge in [-0.25, -0.2) is 8.42 Å². The molecule has 2 aromatic carbocycles. The lowest BCUT2D eigenvalue weighted by atomic mass is 10.1. The van der Waals surface area contributed by atoms with Crippen molar-refractivity contribution in [3.05, 3.63) is 64.7 Å². The lowest BCUT2D eigenvalue weighted by Gasteiger charge is -2.31. The molecule has 0 aliphatic heterocycles. The van der Waals surface area contributed by atoms with Crippen LogP contribution in [0.3, 0.4) is 0 Å². The summed E-state index contributed by atoms with van der Waals surface area (Å²) in [5.74, 6) is -0.411. The van der Waals surface area contributed by atoms with Crippen molar-refractivity contribution in [2.24, 2.45) is 0 Å². The normalized spacial score (nSPS) is 12.3. The second-order valence-electron chi connectivity index (χ2n) is 8.96. The van der Waals surface area contributed by atoms with Crippen LogP contribution in [-0.4, -0.2) is 50.0 Å². The first-order chi connectivity index (χ1) is 16.4. The fourth-order valence-corrected chi connectivity index (χ4v) is 5.06. The van der Waals surface area contributed by atoms with Gasteiger partial charge in [0.15, 0.2) is 0 Å². The summed E-state index contributed by atoms with van der Waals surface area (Å²) >= 11 is 6.01. The Morgan fingerprint density at radius 3 is 2.23 bits per heavy atom. The van der Waals surface area contributed by atoms with E-state index in [1.54, 1.807) is 29.2 Å². The minimum Gasteiger partial charge on any atom is -0.352 e. The van der Waals surface area contributed by atoms with E-state index in [4.69, 9.17) is 11.6 Å². The SMILES string of the molecule is CC[C@H](C(=O)NC(C)C)N(Cc1ccc(Cl)cc1)C(=O)CCCN(c1ccccc1C)S(C)(=O)=O. The molecule has 0 fully saturated rings. The summed E-state index contributed by atoms with van der Waals surface area (Å²) < 4.78 is 26.3. The number of rotatable bonds is 12. The van der Waals surface area contributed by atoms with Crippen molar-refractivity contribution in [1.82, 2.24) is 10.2 Å². The number of aryl methyl sites for hydroxylation is 1. The molecule has 35 heavy (non-hydrogen) atoms. The monoisotopic (exact) mass is 521 g/mol. The maximum absolute atomic E-state index is 13.4. The molecule has 0 aliphatic rings. The van der Waals surface area contributed by atoms with Crippen molar-refractivity contribution in [2.45, 2.75) is 65.6 Å². The van der Waals surface area contributed by atoms with Crippen LogP contribution in [-0.2, 0) is 26.2 Å². The smallest absolute Gasteiger partial charge is 0.243 e. The molecule has 0 saturated carbocycles. The van der Waals surface area contributed by atoms with Gasteiger partial charge in [-0.3, -0.25) is 13.9 Å². The molecule has 192 valence electrons. The Bertz CT molecular complexity index is 1100. The number of carbonyl (C=O) groups is 2. The fourth-order valence-electron chi connectivity index (χ4n) is 3.91. The molecule has 0 spiro atoms. The highest BCUT2D eigenvalue weighted by Gasteiger charge is 2.29. The van der Waals surface area contributed by atoms with E-state index in [1.165, 1.54) is 4.31 Å². The van der Waals surface area contributed by atoms with E-state index < -0.39 is 16.1 Å². The molecule has 2 rings (SSSR count). The van der Waals surface area contributed by atoms with E-state index in [2.05, 4.69) is 5.32 Å². The quantitative estimate of drug-likeness (QED) is 0.444. The summed E-state index contributed by atoms with van der Waals surface area (Å²) in [5, 5.41) is 3.50. The maximum Gasteiger partial charge on any atom is 0.243 e. The second-order valence-corrected chi connectivity index (χ2v) is 11.3. The van der Waals surface area contributed by atoms with Crippen LogP contribution in [0.25, 0.3) is 0 Å². The van der Waals surface area contributed by atoms with Gasteiger partial charge in [0, 0.05) is 30.6 Å².